The molecule has 1 unspecified atom stereocenters. The number of piperidine rings is 1. The number of likely N-dealkylation sites (tertiary alicyclic amines) is 2. The molecule has 2 heterocycles. The second-order valence-electron chi connectivity index (χ2n) is 5.72. The van der Waals surface area contributed by atoms with E-state index in [1.54, 1.807) is 7.11 Å². The lowest BCUT2D eigenvalue weighted by Gasteiger charge is -2.26. The maximum absolute atomic E-state index is 5.05. The van der Waals surface area contributed by atoms with Crippen LogP contribution < -0.4 is 0 Å². The van der Waals surface area contributed by atoms with Gasteiger partial charge in [-0.2, -0.15) is 0 Å². The average Bonchev–Trinajstić information content (AvgIpc) is 2.71. The summed E-state index contributed by atoms with van der Waals surface area (Å²) in [5.41, 5.74) is 0. The first-order chi connectivity index (χ1) is 8.13. The summed E-state index contributed by atoms with van der Waals surface area (Å²) in [6.07, 6.45) is 5.45. The lowest BCUT2D eigenvalue weighted by molar-refractivity contribution is 0.129. The van der Waals surface area contributed by atoms with E-state index in [1.807, 2.05) is 0 Å². The molecule has 0 aromatic rings. The first-order valence-corrected chi connectivity index (χ1v) is 7.01. The fraction of sp³-hybridized carbons (Fsp3) is 1.00. The van der Waals surface area contributed by atoms with Gasteiger partial charge in [-0.05, 0) is 65.3 Å². The van der Waals surface area contributed by atoms with Crippen molar-refractivity contribution in [2.75, 3.05) is 47.4 Å². The van der Waals surface area contributed by atoms with E-state index in [1.165, 1.54) is 45.3 Å². The van der Waals surface area contributed by atoms with Gasteiger partial charge >= 0.3 is 0 Å². The van der Waals surface area contributed by atoms with Crippen LogP contribution in [0.1, 0.15) is 32.6 Å². The van der Waals surface area contributed by atoms with Crippen LogP contribution in [0.4, 0.5) is 0 Å². The molecule has 0 amide bonds. The topological polar surface area (TPSA) is 15.7 Å². The number of likely N-dealkylation sites (N-methyl/N-ethyl adjacent to an activating group) is 1. The van der Waals surface area contributed by atoms with Crippen LogP contribution in [0.15, 0.2) is 0 Å². The Morgan fingerprint density at radius 2 is 1.71 bits per heavy atom. The van der Waals surface area contributed by atoms with Crippen molar-refractivity contribution in [2.45, 2.75) is 38.6 Å². The predicted octanol–water partition coefficient (Wildman–Crippen LogP) is 2.08. The van der Waals surface area contributed by atoms with Crippen LogP contribution >= 0.6 is 0 Å². The van der Waals surface area contributed by atoms with Gasteiger partial charge in [-0.1, -0.05) is 6.92 Å². The molecule has 0 aromatic heterocycles. The first-order valence-electron chi connectivity index (χ1n) is 7.01. The van der Waals surface area contributed by atoms with Gasteiger partial charge in [0.1, 0.15) is 0 Å². The fourth-order valence-corrected chi connectivity index (χ4v) is 2.52. The zero-order valence-electron chi connectivity index (χ0n) is 12.1. The molecule has 0 N–H and O–H groups in total. The molecule has 0 aliphatic carbocycles. The molecule has 17 heavy (non-hydrogen) atoms. The number of ether oxygens (including phenoxy) is 1. The van der Waals surface area contributed by atoms with Gasteiger partial charge in [0.05, 0.1) is 6.61 Å². The maximum Gasteiger partial charge on any atom is 0.0617 e. The Balaban J connectivity index is 0.000000171. The smallest absolute Gasteiger partial charge is 0.0617 e. The third kappa shape index (κ3) is 5.84. The van der Waals surface area contributed by atoms with Crippen molar-refractivity contribution in [2.24, 2.45) is 5.92 Å². The molecule has 2 fully saturated rings. The molecule has 2 saturated heterocycles. The molecule has 0 aromatic carbocycles. The Bertz CT molecular complexity index is 181. The standard InChI is InChI=1S/C7H15NO.C7H15N/c1-8-5-3-4-7(8)6-9-2;1-7-3-5-8(2)6-4-7/h7H,3-6H2,1-2H3;7H,3-6H2,1-2H3. The van der Waals surface area contributed by atoms with Crippen LogP contribution in [-0.4, -0.2) is 63.3 Å². The van der Waals surface area contributed by atoms with Crippen LogP contribution in [0.25, 0.3) is 0 Å². The van der Waals surface area contributed by atoms with Gasteiger partial charge in [-0.25, -0.2) is 0 Å². The van der Waals surface area contributed by atoms with Crippen molar-refractivity contribution in [3.05, 3.63) is 0 Å². The molecule has 2 aliphatic heterocycles. The van der Waals surface area contributed by atoms with Gasteiger partial charge < -0.3 is 14.5 Å². The predicted molar refractivity (Wildman–Crippen MR) is 73.4 cm³/mol. The van der Waals surface area contributed by atoms with Gasteiger partial charge in [0.15, 0.2) is 0 Å². The van der Waals surface area contributed by atoms with E-state index in [-0.39, 0.29) is 0 Å². The SMILES string of the molecule is CC1CCN(C)CC1.COCC1CCCN1C. The zero-order valence-corrected chi connectivity index (χ0v) is 12.1. The molecule has 1 atom stereocenters. The van der Waals surface area contributed by atoms with Crippen molar-refractivity contribution in [1.29, 1.82) is 0 Å². The Labute approximate surface area is 107 Å². The van der Waals surface area contributed by atoms with E-state index in [0.717, 1.165) is 12.5 Å². The van der Waals surface area contributed by atoms with Crippen molar-refractivity contribution < 1.29 is 4.74 Å². The molecular weight excluding hydrogens is 212 g/mol. The first kappa shape index (κ1) is 14.9. The van der Waals surface area contributed by atoms with Gasteiger partial charge in [-0.3, -0.25) is 0 Å². The van der Waals surface area contributed by atoms with Gasteiger partial charge in [0.25, 0.3) is 0 Å². The van der Waals surface area contributed by atoms with E-state index in [2.05, 4.69) is 30.8 Å². The highest BCUT2D eigenvalue weighted by Crippen LogP contribution is 2.14. The highest BCUT2D eigenvalue weighted by molar-refractivity contribution is 4.75. The quantitative estimate of drug-likeness (QED) is 0.737. The van der Waals surface area contributed by atoms with Gasteiger partial charge in [0.2, 0.25) is 0 Å². The van der Waals surface area contributed by atoms with E-state index < -0.39 is 0 Å². The number of nitrogens with zero attached hydrogens (tertiary/aromatic N) is 2. The molecule has 2 aliphatic rings. The van der Waals surface area contributed by atoms with Crippen LogP contribution in [0.2, 0.25) is 0 Å². The summed E-state index contributed by atoms with van der Waals surface area (Å²) in [5, 5.41) is 0. The molecule has 0 spiro atoms. The van der Waals surface area contributed by atoms with Crippen molar-refractivity contribution in [1.82, 2.24) is 9.80 Å². The van der Waals surface area contributed by atoms with Gasteiger partial charge in [-0.15, -0.1) is 0 Å². The van der Waals surface area contributed by atoms with E-state index in [9.17, 15) is 0 Å². The maximum atomic E-state index is 5.05. The molecule has 3 nitrogen and oxygen atoms in total. The van der Waals surface area contributed by atoms with Crippen LogP contribution in [-0.2, 0) is 4.74 Å². The summed E-state index contributed by atoms with van der Waals surface area (Å²) >= 11 is 0. The molecule has 102 valence electrons. The Kier molecular flexibility index (Phi) is 7.09. The molecule has 0 bridgehead atoms. The lowest BCUT2D eigenvalue weighted by atomic mass is 10.00. The summed E-state index contributed by atoms with van der Waals surface area (Å²) in [6.45, 7) is 7.10. The summed E-state index contributed by atoms with van der Waals surface area (Å²) in [6, 6.07) is 0.690. The lowest BCUT2D eigenvalue weighted by Crippen LogP contribution is -2.28. The Morgan fingerprint density at radius 1 is 1.06 bits per heavy atom. The third-order valence-corrected chi connectivity index (χ3v) is 4.04. The summed E-state index contributed by atoms with van der Waals surface area (Å²) < 4.78 is 5.05. The zero-order chi connectivity index (χ0) is 12.7. The Hall–Kier alpha value is -0.120. The highest BCUT2D eigenvalue weighted by Gasteiger charge is 2.19. The molecular formula is C14H30N2O. The highest BCUT2D eigenvalue weighted by atomic mass is 16.5. The molecule has 2 rings (SSSR count). The minimum absolute atomic E-state index is 0.690. The summed E-state index contributed by atoms with van der Waals surface area (Å²) in [4.78, 5) is 4.77. The second kappa shape index (κ2) is 8.06. The van der Waals surface area contributed by atoms with Crippen LogP contribution in [0.3, 0.4) is 0 Å². The average molecular weight is 242 g/mol. The van der Waals surface area contributed by atoms with Crippen molar-refractivity contribution in [3.8, 4) is 0 Å². The monoisotopic (exact) mass is 242 g/mol. The molecule has 0 radical (unpaired) electrons. The molecule has 0 saturated carbocycles. The fourth-order valence-electron chi connectivity index (χ4n) is 2.52. The summed E-state index contributed by atoms with van der Waals surface area (Å²) in [7, 11) is 6.13. The normalized spacial score (nSPS) is 27.9. The minimum atomic E-state index is 0.690. The van der Waals surface area contributed by atoms with Crippen LogP contribution in [0.5, 0.6) is 0 Å². The second-order valence-corrected chi connectivity index (χ2v) is 5.72. The van der Waals surface area contributed by atoms with E-state index in [0.29, 0.717) is 6.04 Å². The molecule has 3 heteroatoms. The van der Waals surface area contributed by atoms with E-state index >= 15 is 0 Å². The minimum Gasteiger partial charge on any atom is -0.383 e. The van der Waals surface area contributed by atoms with Crippen LogP contribution in [0, 0.1) is 5.92 Å². The summed E-state index contributed by atoms with van der Waals surface area (Å²) in [5.74, 6) is 0.978. The van der Waals surface area contributed by atoms with E-state index in [4.69, 9.17) is 4.74 Å². The number of hydrogen-bond donors (Lipinski definition) is 0. The number of hydrogen-bond acceptors (Lipinski definition) is 3. The third-order valence-electron chi connectivity index (χ3n) is 4.04. The number of rotatable bonds is 2. The number of methoxy groups -OCH3 is 1. The van der Waals surface area contributed by atoms with Crippen molar-refractivity contribution >= 4 is 0 Å². The Morgan fingerprint density at radius 3 is 2.12 bits per heavy atom. The van der Waals surface area contributed by atoms with Crippen molar-refractivity contribution in [3.63, 3.8) is 0 Å². The van der Waals surface area contributed by atoms with Gasteiger partial charge in [0, 0.05) is 13.2 Å². The largest absolute Gasteiger partial charge is 0.383 e.